The van der Waals surface area contributed by atoms with Crippen molar-refractivity contribution < 1.29 is 9.66 Å². The Balaban J connectivity index is 2.39. The molecule has 1 N–H and O–H groups in total. The molecule has 2 aromatic rings. The van der Waals surface area contributed by atoms with Crippen molar-refractivity contribution in [2.45, 2.75) is 19.4 Å². The predicted octanol–water partition coefficient (Wildman–Crippen LogP) is 3.41. The molecule has 20 heavy (non-hydrogen) atoms. The third-order valence-electron chi connectivity index (χ3n) is 2.81. The topological polar surface area (TPSA) is 77.3 Å². The number of hydrogen-bond donors (Lipinski definition) is 1. The number of ether oxygens (including phenoxy) is 1. The lowest BCUT2D eigenvalue weighted by atomic mass is 10.1. The molecule has 0 spiro atoms. The first-order chi connectivity index (χ1) is 9.44. The fourth-order valence-corrected chi connectivity index (χ4v) is 2.54. The van der Waals surface area contributed by atoms with Gasteiger partial charge in [0, 0.05) is 23.7 Å². The number of rotatable bonds is 5. The first kappa shape index (κ1) is 14.3. The quantitative estimate of drug-likeness (QED) is 0.675. The largest absolute Gasteiger partial charge is 0.497 e. The van der Waals surface area contributed by atoms with Crippen LogP contribution >= 0.6 is 11.3 Å². The van der Waals surface area contributed by atoms with Crippen molar-refractivity contribution in [3.63, 3.8) is 0 Å². The highest BCUT2D eigenvalue weighted by Gasteiger charge is 2.26. The third-order valence-corrected chi connectivity index (χ3v) is 3.91. The Labute approximate surface area is 120 Å². The highest BCUT2D eigenvalue weighted by Crippen LogP contribution is 2.34. The highest BCUT2D eigenvalue weighted by atomic mass is 32.1. The van der Waals surface area contributed by atoms with Crippen LogP contribution in [0.1, 0.15) is 18.9 Å². The summed E-state index contributed by atoms with van der Waals surface area (Å²) in [5.41, 5.74) is -0.0874. The van der Waals surface area contributed by atoms with Gasteiger partial charge in [0.05, 0.1) is 17.6 Å². The van der Waals surface area contributed by atoms with Crippen molar-refractivity contribution in [2.24, 2.45) is 0 Å². The number of nitro groups is 1. The molecule has 0 saturated heterocycles. The molecule has 0 aliphatic heterocycles. The van der Waals surface area contributed by atoms with E-state index in [0.29, 0.717) is 11.4 Å². The maximum Gasteiger partial charge on any atom is 0.292 e. The highest BCUT2D eigenvalue weighted by molar-refractivity contribution is 7.09. The van der Waals surface area contributed by atoms with Gasteiger partial charge in [0.25, 0.3) is 5.69 Å². The van der Waals surface area contributed by atoms with Crippen LogP contribution in [-0.2, 0) is 5.54 Å². The van der Waals surface area contributed by atoms with Crippen LogP contribution in [0.15, 0.2) is 29.8 Å². The number of thiazole rings is 1. The Hall–Kier alpha value is -2.15. The molecule has 0 radical (unpaired) electrons. The van der Waals surface area contributed by atoms with Crippen LogP contribution in [0.5, 0.6) is 5.75 Å². The molecule has 6 nitrogen and oxygen atoms in total. The zero-order valence-electron chi connectivity index (χ0n) is 11.4. The van der Waals surface area contributed by atoms with E-state index in [-0.39, 0.29) is 5.69 Å². The van der Waals surface area contributed by atoms with Crippen molar-refractivity contribution in [1.82, 2.24) is 4.98 Å². The molecular formula is C13H15N3O3S. The first-order valence-corrected chi connectivity index (χ1v) is 6.82. The summed E-state index contributed by atoms with van der Waals surface area (Å²) in [6, 6.07) is 4.62. The van der Waals surface area contributed by atoms with E-state index in [9.17, 15) is 10.1 Å². The smallest absolute Gasteiger partial charge is 0.292 e. The molecular weight excluding hydrogens is 278 g/mol. The van der Waals surface area contributed by atoms with E-state index in [2.05, 4.69) is 10.3 Å². The zero-order valence-corrected chi connectivity index (χ0v) is 12.2. The molecule has 0 amide bonds. The molecule has 7 heteroatoms. The predicted molar refractivity (Wildman–Crippen MR) is 78.4 cm³/mol. The van der Waals surface area contributed by atoms with Crippen molar-refractivity contribution in [3.05, 3.63) is 44.9 Å². The van der Waals surface area contributed by atoms with Gasteiger partial charge in [0.15, 0.2) is 0 Å². The summed E-state index contributed by atoms with van der Waals surface area (Å²) >= 11 is 1.50. The Morgan fingerprint density at radius 2 is 2.20 bits per heavy atom. The Morgan fingerprint density at radius 3 is 2.75 bits per heavy atom. The summed E-state index contributed by atoms with van der Waals surface area (Å²) < 4.78 is 5.12. The number of hydrogen-bond acceptors (Lipinski definition) is 6. The maximum atomic E-state index is 11.1. The van der Waals surface area contributed by atoms with Crippen molar-refractivity contribution in [2.75, 3.05) is 12.4 Å². The van der Waals surface area contributed by atoms with E-state index in [4.69, 9.17) is 4.74 Å². The van der Waals surface area contributed by atoms with Crippen LogP contribution in [0.4, 0.5) is 11.4 Å². The minimum absolute atomic E-state index is 0.00966. The SMILES string of the molecule is COc1ccc([N+](=O)[O-])c(NC(C)(C)c2nccs2)c1. The Bertz CT molecular complexity index is 611. The molecule has 0 atom stereocenters. The van der Waals surface area contributed by atoms with E-state index in [1.54, 1.807) is 18.3 Å². The lowest BCUT2D eigenvalue weighted by Crippen LogP contribution is -2.28. The first-order valence-electron chi connectivity index (χ1n) is 5.94. The van der Waals surface area contributed by atoms with E-state index >= 15 is 0 Å². The van der Waals surface area contributed by atoms with Gasteiger partial charge in [-0.2, -0.15) is 0 Å². The molecule has 1 aromatic carbocycles. The van der Waals surface area contributed by atoms with Crippen molar-refractivity contribution >= 4 is 22.7 Å². The van der Waals surface area contributed by atoms with Crippen LogP contribution < -0.4 is 10.1 Å². The average molecular weight is 293 g/mol. The minimum atomic E-state index is -0.509. The second-order valence-electron chi connectivity index (χ2n) is 4.73. The van der Waals surface area contributed by atoms with Crippen molar-refractivity contribution in [3.8, 4) is 5.75 Å². The van der Waals surface area contributed by atoms with Gasteiger partial charge in [-0.05, 0) is 19.9 Å². The summed E-state index contributed by atoms with van der Waals surface area (Å²) in [6.45, 7) is 3.85. The lowest BCUT2D eigenvalue weighted by Gasteiger charge is -2.25. The molecule has 0 aliphatic rings. The van der Waals surface area contributed by atoms with Gasteiger partial charge in [0.2, 0.25) is 0 Å². The summed E-state index contributed by atoms with van der Waals surface area (Å²) in [6.07, 6.45) is 1.71. The van der Waals surface area contributed by atoms with Crippen LogP contribution in [0.25, 0.3) is 0 Å². The minimum Gasteiger partial charge on any atom is -0.497 e. The molecule has 0 aliphatic carbocycles. The van der Waals surface area contributed by atoms with Gasteiger partial charge >= 0.3 is 0 Å². The normalized spacial score (nSPS) is 11.2. The van der Waals surface area contributed by atoms with Gasteiger partial charge in [-0.1, -0.05) is 0 Å². The second-order valence-corrected chi connectivity index (χ2v) is 5.62. The maximum absolute atomic E-state index is 11.1. The zero-order chi connectivity index (χ0) is 14.8. The monoisotopic (exact) mass is 293 g/mol. The van der Waals surface area contributed by atoms with E-state index in [1.807, 2.05) is 19.2 Å². The van der Waals surface area contributed by atoms with Gasteiger partial charge in [-0.15, -0.1) is 11.3 Å². The summed E-state index contributed by atoms with van der Waals surface area (Å²) in [5, 5.41) is 17.0. The fourth-order valence-electron chi connectivity index (χ4n) is 1.82. The van der Waals surface area contributed by atoms with Crippen LogP contribution in [0.2, 0.25) is 0 Å². The van der Waals surface area contributed by atoms with Crippen LogP contribution in [0, 0.1) is 10.1 Å². The average Bonchev–Trinajstić information content (AvgIpc) is 2.92. The third kappa shape index (κ3) is 2.88. The lowest BCUT2D eigenvalue weighted by molar-refractivity contribution is -0.384. The summed E-state index contributed by atoms with van der Waals surface area (Å²) in [7, 11) is 1.52. The molecule has 1 aromatic heterocycles. The van der Waals surface area contributed by atoms with Gasteiger partial charge in [-0.25, -0.2) is 4.98 Å². The molecule has 2 rings (SSSR count). The number of aromatic nitrogens is 1. The number of nitrogens with zero attached hydrogens (tertiary/aromatic N) is 2. The molecule has 1 heterocycles. The number of benzene rings is 1. The van der Waals surface area contributed by atoms with Gasteiger partial charge < -0.3 is 10.1 Å². The molecule has 106 valence electrons. The summed E-state index contributed by atoms with van der Waals surface area (Å²) in [5.74, 6) is 0.563. The van der Waals surface area contributed by atoms with Gasteiger partial charge in [0.1, 0.15) is 16.4 Å². The Morgan fingerprint density at radius 1 is 1.45 bits per heavy atom. The molecule has 0 fully saturated rings. The number of nitrogens with one attached hydrogen (secondary N) is 1. The van der Waals surface area contributed by atoms with E-state index < -0.39 is 10.5 Å². The summed E-state index contributed by atoms with van der Waals surface area (Å²) in [4.78, 5) is 14.9. The standard InChI is InChI=1S/C13H15N3O3S/c1-13(2,12-14-6-7-20-12)15-10-8-9(19-3)4-5-11(10)16(17)18/h4-8,15H,1-3H3. The number of nitro benzene ring substituents is 1. The van der Waals surface area contributed by atoms with E-state index in [0.717, 1.165) is 5.01 Å². The van der Waals surface area contributed by atoms with Crippen LogP contribution in [0.3, 0.4) is 0 Å². The van der Waals surface area contributed by atoms with E-state index in [1.165, 1.54) is 24.5 Å². The van der Waals surface area contributed by atoms with Gasteiger partial charge in [-0.3, -0.25) is 10.1 Å². The molecule has 0 unspecified atom stereocenters. The number of anilines is 1. The second kappa shape index (κ2) is 5.46. The van der Waals surface area contributed by atoms with Crippen molar-refractivity contribution in [1.29, 1.82) is 0 Å². The number of methoxy groups -OCH3 is 1. The molecule has 0 saturated carbocycles. The Kier molecular flexibility index (Phi) is 3.89. The fraction of sp³-hybridized carbons (Fsp3) is 0.308. The van der Waals surface area contributed by atoms with Crippen LogP contribution in [-0.4, -0.2) is 17.0 Å². The molecule has 0 bridgehead atoms.